The molecule has 0 radical (unpaired) electrons. The lowest BCUT2D eigenvalue weighted by Crippen LogP contribution is -2.42. The van der Waals surface area contributed by atoms with Gasteiger partial charge in [0.2, 0.25) is 11.8 Å². The molecule has 2 amide bonds. The zero-order chi connectivity index (χ0) is 19.6. The predicted octanol–water partition coefficient (Wildman–Crippen LogP) is 2.87. The summed E-state index contributed by atoms with van der Waals surface area (Å²) in [6.07, 6.45) is 5.72. The van der Waals surface area contributed by atoms with E-state index in [0.717, 1.165) is 12.0 Å². The third-order valence-corrected chi connectivity index (χ3v) is 4.63. The maximum atomic E-state index is 12.4. The summed E-state index contributed by atoms with van der Waals surface area (Å²) in [5.41, 5.74) is 0.873. The highest BCUT2D eigenvalue weighted by molar-refractivity contribution is 5.92. The van der Waals surface area contributed by atoms with Gasteiger partial charge >= 0.3 is 0 Å². The summed E-state index contributed by atoms with van der Waals surface area (Å²) in [7, 11) is 1.59. The van der Waals surface area contributed by atoms with Crippen molar-refractivity contribution in [3.05, 3.63) is 29.8 Å². The molecule has 0 aromatic heterocycles. The molecule has 1 N–H and O–H groups in total. The molecule has 6 nitrogen and oxygen atoms in total. The van der Waals surface area contributed by atoms with Crippen molar-refractivity contribution in [2.75, 3.05) is 33.4 Å². The third-order valence-electron chi connectivity index (χ3n) is 4.63. The summed E-state index contributed by atoms with van der Waals surface area (Å²) in [4.78, 5) is 26.3. The molecule has 1 aliphatic rings. The number of likely N-dealkylation sites (tertiary alicyclic amines) is 1. The molecule has 1 aliphatic heterocycles. The second-order valence-corrected chi connectivity index (χ2v) is 6.57. The second kappa shape index (κ2) is 10.6. The molecule has 1 heterocycles. The van der Waals surface area contributed by atoms with Crippen molar-refractivity contribution in [3.63, 3.8) is 0 Å². The normalized spacial score (nSPS) is 15.0. The van der Waals surface area contributed by atoms with Crippen LogP contribution in [0.1, 0.15) is 38.7 Å². The van der Waals surface area contributed by atoms with Crippen LogP contribution in [0.3, 0.4) is 0 Å². The molecule has 0 spiro atoms. The van der Waals surface area contributed by atoms with Crippen LogP contribution in [0.4, 0.5) is 0 Å². The molecule has 1 fully saturated rings. The van der Waals surface area contributed by atoms with Gasteiger partial charge in [0, 0.05) is 31.6 Å². The first kappa shape index (κ1) is 20.8. The average molecular weight is 374 g/mol. The topological polar surface area (TPSA) is 67.9 Å². The Kier molecular flexibility index (Phi) is 8.17. The van der Waals surface area contributed by atoms with Gasteiger partial charge in [0.25, 0.3) is 0 Å². The van der Waals surface area contributed by atoms with Gasteiger partial charge < -0.3 is 19.7 Å². The van der Waals surface area contributed by atoms with E-state index in [4.69, 9.17) is 9.47 Å². The summed E-state index contributed by atoms with van der Waals surface area (Å²) in [5, 5.41) is 2.94. The quantitative estimate of drug-likeness (QED) is 0.711. The summed E-state index contributed by atoms with van der Waals surface area (Å²) in [6, 6.07) is 5.58. The minimum Gasteiger partial charge on any atom is -0.493 e. The van der Waals surface area contributed by atoms with Gasteiger partial charge in [-0.1, -0.05) is 13.0 Å². The summed E-state index contributed by atoms with van der Waals surface area (Å²) in [6.45, 7) is 6.46. The van der Waals surface area contributed by atoms with Gasteiger partial charge in [-0.3, -0.25) is 9.59 Å². The Labute approximate surface area is 161 Å². The van der Waals surface area contributed by atoms with E-state index in [1.54, 1.807) is 24.2 Å². The van der Waals surface area contributed by atoms with Crippen molar-refractivity contribution in [2.45, 2.75) is 33.1 Å². The number of amides is 2. The van der Waals surface area contributed by atoms with E-state index < -0.39 is 0 Å². The van der Waals surface area contributed by atoms with Gasteiger partial charge in [-0.05, 0) is 50.0 Å². The second-order valence-electron chi connectivity index (χ2n) is 6.57. The highest BCUT2D eigenvalue weighted by Gasteiger charge is 2.26. The molecule has 2 rings (SSSR count). The molecule has 1 aromatic rings. The first-order valence-electron chi connectivity index (χ1n) is 9.64. The molecule has 1 aromatic carbocycles. The maximum Gasteiger partial charge on any atom is 0.246 e. The SMILES string of the molecule is CCCNC(=O)C1CCN(C(=O)/C=C/c2ccc(OCC)c(OC)c2)CC1. The first-order valence-corrected chi connectivity index (χ1v) is 9.64. The molecule has 6 heteroatoms. The zero-order valence-corrected chi connectivity index (χ0v) is 16.5. The average Bonchev–Trinajstić information content (AvgIpc) is 2.71. The van der Waals surface area contributed by atoms with E-state index in [0.29, 0.717) is 50.6 Å². The van der Waals surface area contributed by atoms with Crippen LogP contribution in [0.25, 0.3) is 6.08 Å². The Morgan fingerprint density at radius 2 is 1.96 bits per heavy atom. The van der Waals surface area contributed by atoms with E-state index in [-0.39, 0.29) is 17.7 Å². The Hall–Kier alpha value is -2.50. The van der Waals surface area contributed by atoms with Crippen LogP contribution in [0.2, 0.25) is 0 Å². The van der Waals surface area contributed by atoms with E-state index >= 15 is 0 Å². The van der Waals surface area contributed by atoms with Gasteiger partial charge in [-0.2, -0.15) is 0 Å². The van der Waals surface area contributed by atoms with Crippen molar-refractivity contribution < 1.29 is 19.1 Å². The van der Waals surface area contributed by atoms with Gasteiger partial charge in [-0.15, -0.1) is 0 Å². The number of ether oxygens (including phenoxy) is 2. The molecule has 0 saturated carbocycles. The molecular weight excluding hydrogens is 344 g/mol. The van der Waals surface area contributed by atoms with Crippen LogP contribution >= 0.6 is 0 Å². The Morgan fingerprint density at radius 1 is 1.22 bits per heavy atom. The zero-order valence-electron chi connectivity index (χ0n) is 16.5. The standard InChI is InChI=1S/C21H30N2O4/c1-4-12-22-21(25)17-10-13-23(14-11-17)20(24)9-7-16-6-8-18(27-5-2)19(15-16)26-3/h6-9,15,17H,4-5,10-14H2,1-3H3,(H,22,25)/b9-7+. The molecule has 0 aliphatic carbocycles. The van der Waals surface area contributed by atoms with Gasteiger partial charge in [0.15, 0.2) is 11.5 Å². The Balaban J connectivity index is 1.89. The summed E-state index contributed by atoms with van der Waals surface area (Å²) >= 11 is 0. The fourth-order valence-corrected chi connectivity index (χ4v) is 3.09. The molecule has 27 heavy (non-hydrogen) atoms. The smallest absolute Gasteiger partial charge is 0.246 e. The van der Waals surface area contributed by atoms with Crippen LogP contribution < -0.4 is 14.8 Å². The number of hydrogen-bond acceptors (Lipinski definition) is 4. The summed E-state index contributed by atoms with van der Waals surface area (Å²) in [5.74, 6) is 1.42. The number of nitrogens with zero attached hydrogens (tertiary/aromatic N) is 1. The maximum absolute atomic E-state index is 12.4. The van der Waals surface area contributed by atoms with Crippen molar-refractivity contribution in [1.82, 2.24) is 10.2 Å². The molecule has 0 bridgehead atoms. The van der Waals surface area contributed by atoms with Gasteiger partial charge in [0.1, 0.15) is 0 Å². The number of hydrogen-bond donors (Lipinski definition) is 1. The molecular formula is C21H30N2O4. The number of carbonyl (C=O) groups is 2. The lowest BCUT2D eigenvalue weighted by atomic mass is 9.96. The fourth-order valence-electron chi connectivity index (χ4n) is 3.09. The third kappa shape index (κ3) is 6.01. The monoisotopic (exact) mass is 374 g/mol. The van der Waals surface area contributed by atoms with E-state index in [1.807, 2.05) is 32.0 Å². The Bertz CT molecular complexity index is 664. The van der Waals surface area contributed by atoms with Crippen molar-refractivity contribution in [3.8, 4) is 11.5 Å². The molecule has 0 atom stereocenters. The number of nitrogens with one attached hydrogen (secondary N) is 1. The first-order chi connectivity index (χ1) is 13.1. The van der Waals surface area contributed by atoms with Crippen LogP contribution in [-0.4, -0.2) is 50.1 Å². The number of rotatable bonds is 8. The number of carbonyl (C=O) groups excluding carboxylic acids is 2. The van der Waals surface area contributed by atoms with E-state index in [1.165, 1.54) is 0 Å². The number of piperidine rings is 1. The van der Waals surface area contributed by atoms with E-state index in [2.05, 4.69) is 5.32 Å². The number of benzene rings is 1. The summed E-state index contributed by atoms with van der Waals surface area (Å²) < 4.78 is 10.8. The largest absolute Gasteiger partial charge is 0.493 e. The van der Waals surface area contributed by atoms with Crippen LogP contribution in [0.15, 0.2) is 24.3 Å². The highest BCUT2D eigenvalue weighted by Crippen LogP contribution is 2.28. The minimum atomic E-state index is -0.0322. The van der Waals surface area contributed by atoms with Crippen molar-refractivity contribution in [2.24, 2.45) is 5.92 Å². The van der Waals surface area contributed by atoms with Crippen LogP contribution in [0.5, 0.6) is 11.5 Å². The van der Waals surface area contributed by atoms with Crippen LogP contribution in [-0.2, 0) is 9.59 Å². The van der Waals surface area contributed by atoms with Crippen LogP contribution in [0, 0.1) is 5.92 Å². The van der Waals surface area contributed by atoms with Gasteiger partial charge in [-0.25, -0.2) is 0 Å². The van der Waals surface area contributed by atoms with Gasteiger partial charge in [0.05, 0.1) is 13.7 Å². The number of methoxy groups -OCH3 is 1. The minimum absolute atomic E-state index is 0.0138. The van der Waals surface area contributed by atoms with E-state index in [9.17, 15) is 9.59 Å². The highest BCUT2D eigenvalue weighted by atomic mass is 16.5. The lowest BCUT2D eigenvalue weighted by Gasteiger charge is -2.30. The van der Waals surface area contributed by atoms with Crippen molar-refractivity contribution >= 4 is 17.9 Å². The van der Waals surface area contributed by atoms with Crippen molar-refractivity contribution in [1.29, 1.82) is 0 Å². The molecule has 148 valence electrons. The molecule has 1 saturated heterocycles. The fraction of sp³-hybridized carbons (Fsp3) is 0.524. The predicted molar refractivity (Wildman–Crippen MR) is 106 cm³/mol. The molecule has 0 unspecified atom stereocenters. The Morgan fingerprint density at radius 3 is 2.59 bits per heavy atom. The lowest BCUT2D eigenvalue weighted by molar-refractivity contribution is -0.132.